The molecule has 1 aliphatic rings. The second-order valence-corrected chi connectivity index (χ2v) is 7.67. The summed E-state index contributed by atoms with van der Waals surface area (Å²) >= 11 is 0. The maximum atomic E-state index is 12.3. The molecular weight excluding hydrogens is 298 g/mol. The molecule has 0 amide bonds. The number of hydrogen-bond acceptors (Lipinski definition) is 2. The second-order valence-electron chi connectivity index (χ2n) is 7.67. The highest BCUT2D eigenvalue weighted by Gasteiger charge is 2.35. The van der Waals surface area contributed by atoms with Gasteiger partial charge in [0.05, 0.1) is 19.5 Å². The van der Waals surface area contributed by atoms with Gasteiger partial charge in [-0.05, 0) is 37.8 Å². The maximum Gasteiger partial charge on any atom is 0.310 e. The highest BCUT2D eigenvalue weighted by molar-refractivity contribution is 5.73. The van der Waals surface area contributed by atoms with Gasteiger partial charge in [0.1, 0.15) is 5.60 Å². The molecule has 0 atom stereocenters. The lowest BCUT2D eigenvalue weighted by Crippen LogP contribution is -2.86. The van der Waals surface area contributed by atoms with Crippen molar-refractivity contribution in [2.45, 2.75) is 71.3 Å². The highest BCUT2D eigenvalue weighted by Crippen LogP contribution is 2.28. The van der Waals surface area contributed by atoms with Gasteiger partial charge in [0, 0.05) is 18.8 Å². The summed E-state index contributed by atoms with van der Waals surface area (Å²) in [6.07, 6.45) is 7.53. The lowest BCUT2D eigenvalue weighted by Gasteiger charge is -2.35. The lowest BCUT2D eigenvalue weighted by atomic mass is 9.83. The third-order valence-corrected chi connectivity index (χ3v) is 5.24. The SMILES string of the molecule is CCCCCc1ccc(CC(=O)OC(C)(C)C2CC[NH2+]CC2)cc1. The monoisotopic (exact) mass is 332 g/mol. The Morgan fingerprint density at radius 2 is 1.75 bits per heavy atom. The van der Waals surface area contributed by atoms with Gasteiger partial charge in [-0.2, -0.15) is 0 Å². The third-order valence-electron chi connectivity index (χ3n) is 5.24. The molecule has 2 N–H and O–H groups in total. The number of carbonyl (C=O) groups is 1. The first kappa shape index (κ1) is 19.0. The summed E-state index contributed by atoms with van der Waals surface area (Å²) in [6.45, 7) is 8.65. The highest BCUT2D eigenvalue weighted by atomic mass is 16.6. The van der Waals surface area contributed by atoms with Crippen molar-refractivity contribution in [2.24, 2.45) is 5.92 Å². The smallest absolute Gasteiger partial charge is 0.310 e. The predicted molar refractivity (Wildman–Crippen MR) is 97.9 cm³/mol. The minimum absolute atomic E-state index is 0.103. The molecule has 1 aliphatic heterocycles. The van der Waals surface area contributed by atoms with E-state index in [0.29, 0.717) is 12.3 Å². The summed E-state index contributed by atoms with van der Waals surface area (Å²) in [4.78, 5) is 12.3. The normalized spacial score (nSPS) is 16.1. The summed E-state index contributed by atoms with van der Waals surface area (Å²) < 4.78 is 5.84. The fourth-order valence-electron chi connectivity index (χ4n) is 3.60. The molecule has 0 aliphatic carbocycles. The molecule has 24 heavy (non-hydrogen) atoms. The molecule has 0 unspecified atom stereocenters. The largest absolute Gasteiger partial charge is 0.459 e. The van der Waals surface area contributed by atoms with Crippen LogP contribution in [-0.4, -0.2) is 24.7 Å². The number of carbonyl (C=O) groups excluding carboxylic acids is 1. The zero-order valence-electron chi connectivity index (χ0n) is 15.6. The second kappa shape index (κ2) is 9.22. The number of hydrogen-bond donors (Lipinski definition) is 1. The average Bonchev–Trinajstić information content (AvgIpc) is 2.57. The predicted octanol–water partition coefficient (Wildman–Crippen LogP) is 3.26. The fraction of sp³-hybridized carbons (Fsp3) is 0.667. The van der Waals surface area contributed by atoms with Crippen molar-refractivity contribution in [1.82, 2.24) is 0 Å². The molecule has 134 valence electrons. The standard InChI is InChI=1S/C21H33NO2/c1-4-5-6-7-17-8-10-18(11-9-17)16-20(23)24-21(2,3)19-12-14-22-15-13-19/h8-11,19,22H,4-7,12-16H2,1-3H3/p+1. The number of aryl methyl sites for hydroxylation is 1. The Kier molecular flexibility index (Phi) is 7.29. The number of benzene rings is 1. The van der Waals surface area contributed by atoms with Gasteiger partial charge in [-0.15, -0.1) is 0 Å². The molecule has 1 aromatic carbocycles. The van der Waals surface area contributed by atoms with E-state index in [0.717, 1.165) is 37.9 Å². The molecule has 1 fully saturated rings. The summed E-state index contributed by atoms with van der Waals surface area (Å²) in [6, 6.07) is 8.46. The van der Waals surface area contributed by atoms with Crippen LogP contribution in [0, 0.1) is 5.92 Å². The van der Waals surface area contributed by atoms with Gasteiger partial charge in [0.15, 0.2) is 0 Å². The minimum Gasteiger partial charge on any atom is -0.459 e. The third kappa shape index (κ3) is 5.94. The van der Waals surface area contributed by atoms with Gasteiger partial charge in [-0.1, -0.05) is 44.0 Å². The van der Waals surface area contributed by atoms with Gasteiger partial charge < -0.3 is 10.1 Å². The van der Waals surface area contributed by atoms with Gasteiger partial charge in [-0.25, -0.2) is 0 Å². The van der Waals surface area contributed by atoms with Crippen LogP contribution in [0.4, 0.5) is 0 Å². The van der Waals surface area contributed by atoms with Crippen LogP contribution in [0.2, 0.25) is 0 Å². The molecule has 2 rings (SSSR count). The van der Waals surface area contributed by atoms with Crippen LogP contribution in [0.15, 0.2) is 24.3 Å². The van der Waals surface area contributed by atoms with Gasteiger partial charge >= 0.3 is 5.97 Å². The number of rotatable bonds is 8. The van der Waals surface area contributed by atoms with E-state index >= 15 is 0 Å². The number of esters is 1. The van der Waals surface area contributed by atoms with Crippen LogP contribution in [0.5, 0.6) is 0 Å². The van der Waals surface area contributed by atoms with Crippen molar-refractivity contribution in [3.63, 3.8) is 0 Å². The molecule has 0 aromatic heterocycles. The van der Waals surface area contributed by atoms with E-state index in [4.69, 9.17) is 4.74 Å². The van der Waals surface area contributed by atoms with Gasteiger partial charge in [0.2, 0.25) is 0 Å². The number of unbranched alkanes of at least 4 members (excludes halogenated alkanes) is 2. The molecule has 0 radical (unpaired) electrons. The Hall–Kier alpha value is -1.35. The van der Waals surface area contributed by atoms with E-state index in [1.165, 1.54) is 24.8 Å². The molecular formula is C21H34NO2+. The van der Waals surface area contributed by atoms with E-state index in [1.54, 1.807) is 0 Å². The Morgan fingerprint density at radius 1 is 1.12 bits per heavy atom. The van der Waals surface area contributed by atoms with E-state index in [1.807, 2.05) is 0 Å². The molecule has 1 saturated heterocycles. The van der Waals surface area contributed by atoms with E-state index in [-0.39, 0.29) is 11.6 Å². The summed E-state index contributed by atoms with van der Waals surface area (Å²) in [5.74, 6) is 0.376. The van der Waals surface area contributed by atoms with Crippen molar-refractivity contribution in [3.05, 3.63) is 35.4 Å². The number of quaternary nitrogens is 1. The Balaban J connectivity index is 1.82. The van der Waals surface area contributed by atoms with Crippen LogP contribution < -0.4 is 5.32 Å². The van der Waals surface area contributed by atoms with Gasteiger partial charge in [0.25, 0.3) is 0 Å². The Bertz CT molecular complexity index is 501. The lowest BCUT2D eigenvalue weighted by molar-refractivity contribution is -0.665. The van der Waals surface area contributed by atoms with E-state index in [2.05, 4.69) is 50.4 Å². The zero-order chi connectivity index (χ0) is 17.4. The molecule has 1 heterocycles. The van der Waals surface area contributed by atoms with Gasteiger partial charge in [-0.3, -0.25) is 4.79 Å². The number of nitrogens with two attached hydrogens (primary N) is 1. The quantitative estimate of drug-likeness (QED) is 0.586. The Morgan fingerprint density at radius 3 is 2.38 bits per heavy atom. The summed E-state index contributed by atoms with van der Waals surface area (Å²) in [5, 5.41) is 2.34. The van der Waals surface area contributed by atoms with Crippen LogP contribution in [-0.2, 0) is 22.4 Å². The van der Waals surface area contributed by atoms with Crippen molar-refractivity contribution < 1.29 is 14.8 Å². The topological polar surface area (TPSA) is 42.9 Å². The fourth-order valence-corrected chi connectivity index (χ4v) is 3.60. The van der Waals surface area contributed by atoms with Crippen LogP contribution >= 0.6 is 0 Å². The first-order chi connectivity index (χ1) is 11.5. The average molecular weight is 333 g/mol. The van der Waals surface area contributed by atoms with E-state index in [9.17, 15) is 4.79 Å². The molecule has 0 bridgehead atoms. The zero-order valence-corrected chi connectivity index (χ0v) is 15.6. The van der Waals surface area contributed by atoms with Crippen molar-refractivity contribution in [3.8, 4) is 0 Å². The van der Waals surface area contributed by atoms with Crippen molar-refractivity contribution in [1.29, 1.82) is 0 Å². The Labute approximate surface area is 147 Å². The molecule has 3 nitrogen and oxygen atoms in total. The number of ether oxygens (including phenoxy) is 1. The van der Waals surface area contributed by atoms with Crippen molar-refractivity contribution in [2.75, 3.05) is 13.1 Å². The molecule has 0 saturated carbocycles. The van der Waals surface area contributed by atoms with Crippen LogP contribution in [0.1, 0.15) is 64.0 Å². The van der Waals surface area contributed by atoms with Crippen LogP contribution in [0.25, 0.3) is 0 Å². The van der Waals surface area contributed by atoms with E-state index < -0.39 is 0 Å². The molecule has 3 heteroatoms. The maximum absolute atomic E-state index is 12.3. The molecule has 0 spiro atoms. The first-order valence-electron chi connectivity index (χ1n) is 9.62. The summed E-state index contributed by atoms with van der Waals surface area (Å²) in [7, 11) is 0. The van der Waals surface area contributed by atoms with Crippen molar-refractivity contribution >= 4 is 5.97 Å². The summed E-state index contributed by atoms with van der Waals surface area (Å²) in [5.41, 5.74) is 2.05. The number of piperidine rings is 1. The molecule has 1 aromatic rings. The van der Waals surface area contributed by atoms with Crippen LogP contribution in [0.3, 0.4) is 0 Å². The minimum atomic E-state index is -0.356. The first-order valence-corrected chi connectivity index (χ1v) is 9.62.